The van der Waals surface area contributed by atoms with E-state index < -0.39 is 22.9 Å². The minimum atomic E-state index is -4.71. The highest BCUT2D eigenvalue weighted by molar-refractivity contribution is 6.30. The number of anilines is 3. The average molecular weight is 449 g/mol. The molecule has 11 heteroatoms. The van der Waals surface area contributed by atoms with Crippen molar-refractivity contribution in [2.75, 3.05) is 10.6 Å². The molecular weight excluding hydrogens is 437 g/mol. The second-order valence-corrected chi connectivity index (χ2v) is 6.95. The third kappa shape index (κ3) is 4.29. The van der Waals surface area contributed by atoms with Crippen LogP contribution in [0.2, 0.25) is 5.02 Å². The Labute approximate surface area is 177 Å². The lowest BCUT2D eigenvalue weighted by Gasteiger charge is -2.15. The van der Waals surface area contributed by atoms with Crippen molar-refractivity contribution in [3.05, 3.63) is 85.5 Å². The molecule has 0 amide bonds. The van der Waals surface area contributed by atoms with Crippen LogP contribution < -0.4 is 21.5 Å². The van der Waals surface area contributed by atoms with Crippen LogP contribution in [-0.4, -0.2) is 10.1 Å². The predicted molar refractivity (Wildman–Crippen MR) is 108 cm³/mol. The highest BCUT2D eigenvalue weighted by atomic mass is 35.5. The molecule has 1 aromatic heterocycles. The van der Waals surface area contributed by atoms with E-state index in [2.05, 4.69) is 25.3 Å². The lowest BCUT2D eigenvalue weighted by Crippen LogP contribution is -2.36. The van der Waals surface area contributed by atoms with Crippen LogP contribution >= 0.6 is 11.6 Å². The first-order valence-electron chi connectivity index (χ1n) is 8.82. The van der Waals surface area contributed by atoms with Crippen molar-refractivity contribution >= 4 is 28.7 Å². The van der Waals surface area contributed by atoms with Crippen LogP contribution in [0.25, 0.3) is 11.4 Å². The van der Waals surface area contributed by atoms with Gasteiger partial charge in [-0.2, -0.15) is 18.2 Å². The number of benzene rings is 2. The number of hydrogen-bond donors (Lipinski definition) is 2. The summed E-state index contributed by atoms with van der Waals surface area (Å²) >= 11 is 5.83. The number of rotatable bonds is 6. The summed E-state index contributed by atoms with van der Waals surface area (Å²) in [6.45, 7) is 0.209. The highest BCUT2D eigenvalue weighted by Crippen LogP contribution is 2.29. The van der Waals surface area contributed by atoms with Crippen LogP contribution in [0.15, 0.2) is 62.6 Å². The zero-order chi connectivity index (χ0) is 22.2. The van der Waals surface area contributed by atoms with Gasteiger partial charge < -0.3 is 15.2 Å². The summed E-state index contributed by atoms with van der Waals surface area (Å²) in [6.07, 6.45) is -4.71. The number of alkyl halides is 3. The molecule has 0 saturated heterocycles. The lowest BCUT2D eigenvalue weighted by atomic mass is 10.1. The Morgan fingerprint density at radius 2 is 1.58 bits per heavy atom. The van der Waals surface area contributed by atoms with Crippen LogP contribution in [0.5, 0.6) is 0 Å². The molecule has 0 bridgehead atoms. The van der Waals surface area contributed by atoms with E-state index >= 15 is 0 Å². The van der Waals surface area contributed by atoms with Crippen LogP contribution in [0.1, 0.15) is 11.5 Å². The largest absolute Gasteiger partial charge is 0.471 e. The van der Waals surface area contributed by atoms with E-state index in [-0.39, 0.29) is 23.7 Å². The molecule has 0 fully saturated rings. The Morgan fingerprint density at radius 1 is 0.935 bits per heavy atom. The first kappa shape index (κ1) is 20.6. The van der Waals surface area contributed by atoms with Crippen molar-refractivity contribution in [1.82, 2.24) is 10.1 Å². The molecule has 0 saturated carbocycles. The van der Waals surface area contributed by atoms with E-state index in [1.54, 1.807) is 36.4 Å². The Morgan fingerprint density at radius 3 is 2.19 bits per heavy atom. The predicted octanol–water partition coefficient (Wildman–Crippen LogP) is 4.36. The maximum absolute atomic E-state index is 12.6. The summed E-state index contributed by atoms with van der Waals surface area (Å²) in [4.78, 5) is 27.1. The summed E-state index contributed by atoms with van der Waals surface area (Å²) in [6, 6.07) is 12.9. The third-order valence-electron chi connectivity index (χ3n) is 4.37. The molecule has 0 aliphatic rings. The molecule has 4 rings (SSSR count). The van der Waals surface area contributed by atoms with Crippen molar-refractivity contribution in [2.45, 2.75) is 12.7 Å². The Kier molecular flexibility index (Phi) is 5.24. The van der Waals surface area contributed by atoms with E-state index in [4.69, 9.17) is 11.6 Å². The maximum Gasteiger partial charge on any atom is 0.471 e. The Balaban J connectivity index is 1.44. The van der Waals surface area contributed by atoms with Gasteiger partial charge in [0.05, 0.1) is 0 Å². The fourth-order valence-corrected chi connectivity index (χ4v) is 2.90. The molecule has 0 spiro atoms. The van der Waals surface area contributed by atoms with Gasteiger partial charge in [-0.3, -0.25) is 9.59 Å². The number of hydrogen-bond acceptors (Lipinski definition) is 7. The molecule has 0 atom stereocenters. The van der Waals surface area contributed by atoms with E-state index in [1.165, 1.54) is 12.1 Å². The standard InChI is InChI=1S/C20H12ClF3N4O3/c21-12-5-7-13(8-6-12)26-15-14(16(29)17(15)30)25-9-10-1-3-11(4-2-10)18-27-19(31-28-18)20(22,23)24/h1-8,25-26H,9H2. The average Bonchev–Trinajstić information content (AvgIpc) is 3.25. The zero-order valence-corrected chi connectivity index (χ0v) is 16.2. The topological polar surface area (TPSA) is 97.1 Å². The quantitative estimate of drug-likeness (QED) is 0.423. The summed E-state index contributed by atoms with van der Waals surface area (Å²) < 4.78 is 41.9. The van der Waals surface area contributed by atoms with Gasteiger partial charge in [0.1, 0.15) is 11.4 Å². The molecule has 0 radical (unpaired) electrons. The second kappa shape index (κ2) is 7.88. The number of nitrogens with one attached hydrogen (secondary N) is 2. The number of halogens is 4. The molecule has 3 aromatic carbocycles. The van der Waals surface area contributed by atoms with Gasteiger partial charge in [0, 0.05) is 22.8 Å². The molecule has 4 aromatic rings. The van der Waals surface area contributed by atoms with Gasteiger partial charge in [0.15, 0.2) is 0 Å². The van der Waals surface area contributed by atoms with Crippen molar-refractivity contribution in [2.24, 2.45) is 0 Å². The normalized spacial score (nSPS) is 11.6. The van der Waals surface area contributed by atoms with Crippen molar-refractivity contribution in [3.8, 4) is 11.4 Å². The summed E-state index contributed by atoms with van der Waals surface area (Å²) in [5.74, 6) is -1.61. The van der Waals surface area contributed by atoms with Gasteiger partial charge in [0.25, 0.3) is 10.9 Å². The first-order chi connectivity index (χ1) is 14.7. The summed E-state index contributed by atoms with van der Waals surface area (Å²) in [5.41, 5.74) is 0.676. The van der Waals surface area contributed by atoms with Crippen LogP contribution in [0.4, 0.5) is 30.2 Å². The number of aromatic nitrogens is 2. The van der Waals surface area contributed by atoms with E-state index in [9.17, 15) is 22.8 Å². The molecule has 1 heterocycles. The van der Waals surface area contributed by atoms with Gasteiger partial charge in [-0.1, -0.05) is 41.0 Å². The molecule has 0 unspecified atom stereocenters. The van der Waals surface area contributed by atoms with E-state index in [0.29, 0.717) is 21.8 Å². The SMILES string of the molecule is O=c1c(NCc2ccc(-c3noc(C(F)(F)F)n3)cc2)c(Nc2ccc(Cl)cc2)c1=O. The van der Waals surface area contributed by atoms with Gasteiger partial charge >= 0.3 is 12.1 Å². The fourth-order valence-electron chi connectivity index (χ4n) is 2.78. The minimum absolute atomic E-state index is 0.149. The smallest absolute Gasteiger partial charge is 0.376 e. The summed E-state index contributed by atoms with van der Waals surface area (Å²) in [7, 11) is 0. The van der Waals surface area contributed by atoms with E-state index in [1.807, 2.05) is 0 Å². The number of nitrogens with zero attached hydrogens (tertiary/aromatic N) is 2. The Bertz CT molecular complexity index is 1290. The summed E-state index contributed by atoms with van der Waals surface area (Å²) in [5, 5.41) is 9.65. The van der Waals surface area contributed by atoms with Gasteiger partial charge in [-0.25, -0.2) is 0 Å². The third-order valence-corrected chi connectivity index (χ3v) is 4.63. The molecule has 158 valence electrons. The van der Waals surface area contributed by atoms with Crippen molar-refractivity contribution in [3.63, 3.8) is 0 Å². The van der Waals surface area contributed by atoms with Gasteiger partial charge in [0.2, 0.25) is 5.82 Å². The molecular formula is C20H12ClF3N4O3. The minimum Gasteiger partial charge on any atom is -0.376 e. The van der Waals surface area contributed by atoms with Crippen LogP contribution in [0, 0.1) is 0 Å². The van der Waals surface area contributed by atoms with Crippen molar-refractivity contribution in [1.29, 1.82) is 0 Å². The monoisotopic (exact) mass is 448 g/mol. The molecule has 7 nitrogen and oxygen atoms in total. The lowest BCUT2D eigenvalue weighted by molar-refractivity contribution is -0.159. The highest BCUT2D eigenvalue weighted by Gasteiger charge is 2.38. The first-order valence-corrected chi connectivity index (χ1v) is 9.20. The zero-order valence-electron chi connectivity index (χ0n) is 15.5. The van der Waals surface area contributed by atoms with Crippen LogP contribution in [0.3, 0.4) is 0 Å². The maximum atomic E-state index is 12.6. The Hall–Kier alpha value is -3.66. The van der Waals surface area contributed by atoms with E-state index in [0.717, 1.165) is 0 Å². The van der Waals surface area contributed by atoms with Gasteiger partial charge in [-0.15, -0.1) is 0 Å². The molecule has 0 aliphatic carbocycles. The molecule has 0 aliphatic heterocycles. The fraction of sp³-hybridized carbons (Fsp3) is 0.100. The molecule has 2 N–H and O–H groups in total. The van der Waals surface area contributed by atoms with Gasteiger partial charge in [-0.05, 0) is 29.8 Å². The van der Waals surface area contributed by atoms with Crippen molar-refractivity contribution < 1.29 is 17.7 Å². The van der Waals surface area contributed by atoms with Crippen LogP contribution in [-0.2, 0) is 12.7 Å². The second-order valence-electron chi connectivity index (χ2n) is 6.51. The molecule has 31 heavy (non-hydrogen) atoms.